The van der Waals surface area contributed by atoms with Gasteiger partial charge in [0.2, 0.25) is 0 Å². The highest BCUT2D eigenvalue weighted by atomic mass is 32.2. The number of benzene rings is 2. The minimum absolute atomic E-state index is 0.0777. The van der Waals surface area contributed by atoms with Crippen LogP contribution >= 0.6 is 11.8 Å². The zero-order valence-electron chi connectivity index (χ0n) is 15.2. The van der Waals surface area contributed by atoms with Gasteiger partial charge in [0.1, 0.15) is 12.4 Å². The number of anilines is 1. The quantitative estimate of drug-likeness (QED) is 0.828. The maximum atomic E-state index is 12.5. The van der Waals surface area contributed by atoms with Gasteiger partial charge in [0, 0.05) is 53.5 Å². The lowest BCUT2D eigenvalue weighted by Gasteiger charge is -2.26. The number of hydrogen-bond acceptors (Lipinski definition) is 4. The molecule has 0 unspecified atom stereocenters. The average Bonchev–Trinajstić information content (AvgIpc) is 3.26. The fraction of sp³-hybridized carbons (Fsp3) is 0.318. The Morgan fingerprint density at radius 3 is 2.81 bits per heavy atom. The summed E-state index contributed by atoms with van der Waals surface area (Å²) in [6, 6.07) is 14.4. The second-order valence-electron chi connectivity index (χ2n) is 7.19. The monoisotopic (exact) mass is 378 g/mol. The molecule has 1 saturated heterocycles. The first-order valence-electron chi connectivity index (χ1n) is 9.50. The lowest BCUT2D eigenvalue weighted by Crippen LogP contribution is -2.34. The minimum atomic E-state index is -0.0777. The molecule has 5 rings (SSSR count). The Balaban J connectivity index is 1.41. The SMILES string of the molecule is O=C1Nc2ccccc2C1=C1OCc2cc(CCN3CCSCC3)ccc21. The zero-order valence-corrected chi connectivity index (χ0v) is 16.0. The van der Waals surface area contributed by atoms with Crippen LogP contribution in [0.15, 0.2) is 42.5 Å². The molecule has 1 amide bonds. The number of hydrogen-bond donors (Lipinski definition) is 1. The molecule has 0 spiro atoms. The number of carbonyl (C=O) groups is 1. The predicted octanol–water partition coefficient (Wildman–Crippen LogP) is 3.63. The van der Waals surface area contributed by atoms with E-state index in [4.69, 9.17) is 4.74 Å². The molecule has 0 radical (unpaired) electrons. The molecular formula is C22H22N2O2S. The number of rotatable bonds is 3. The van der Waals surface area contributed by atoms with E-state index in [0.717, 1.165) is 29.8 Å². The fourth-order valence-corrected chi connectivity index (χ4v) is 5.01. The molecule has 0 atom stereocenters. The number of ether oxygens (including phenoxy) is 1. The molecule has 138 valence electrons. The summed E-state index contributed by atoms with van der Waals surface area (Å²) in [4.78, 5) is 15.1. The van der Waals surface area contributed by atoms with E-state index in [1.165, 1.54) is 35.7 Å². The summed E-state index contributed by atoms with van der Waals surface area (Å²) in [7, 11) is 0. The van der Waals surface area contributed by atoms with Crippen molar-refractivity contribution >= 4 is 34.7 Å². The summed E-state index contributed by atoms with van der Waals surface area (Å²) >= 11 is 2.05. The van der Waals surface area contributed by atoms with Crippen molar-refractivity contribution in [3.8, 4) is 0 Å². The number of nitrogens with one attached hydrogen (secondary N) is 1. The van der Waals surface area contributed by atoms with E-state index in [2.05, 4.69) is 28.4 Å². The number of nitrogens with zero attached hydrogens (tertiary/aromatic N) is 1. The topological polar surface area (TPSA) is 41.6 Å². The maximum absolute atomic E-state index is 12.5. The Morgan fingerprint density at radius 1 is 1.07 bits per heavy atom. The van der Waals surface area contributed by atoms with Gasteiger partial charge in [-0.05, 0) is 18.1 Å². The summed E-state index contributed by atoms with van der Waals surface area (Å²) in [6.45, 7) is 4.05. The highest BCUT2D eigenvalue weighted by molar-refractivity contribution is 7.99. The van der Waals surface area contributed by atoms with Gasteiger partial charge in [0.05, 0.1) is 5.57 Å². The van der Waals surface area contributed by atoms with Crippen LogP contribution in [0, 0.1) is 0 Å². The molecule has 5 heteroatoms. The number of amides is 1. The Hall–Kier alpha value is -2.24. The molecule has 0 aliphatic carbocycles. The second kappa shape index (κ2) is 7.06. The van der Waals surface area contributed by atoms with Crippen LogP contribution in [0.2, 0.25) is 0 Å². The highest BCUT2D eigenvalue weighted by Gasteiger charge is 2.32. The van der Waals surface area contributed by atoms with Gasteiger partial charge in [0.15, 0.2) is 0 Å². The molecule has 0 aromatic heterocycles. The largest absolute Gasteiger partial charge is 0.487 e. The molecular weight excluding hydrogens is 356 g/mol. The van der Waals surface area contributed by atoms with Gasteiger partial charge in [0.25, 0.3) is 5.91 Å². The summed E-state index contributed by atoms with van der Waals surface area (Å²) in [6.07, 6.45) is 1.06. The van der Waals surface area contributed by atoms with Gasteiger partial charge in [-0.1, -0.05) is 36.4 Å². The van der Waals surface area contributed by atoms with Crippen LogP contribution in [0.25, 0.3) is 11.3 Å². The molecule has 2 aromatic carbocycles. The first-order chi connectivity index (χ1) is 13.3. The lowest BCUT2D eigenvalue weighted by atomic mass is 9.98. The van der Waals surface area contributed by atoms with Crippen molar-refractivity contribution in [1.29, 1.82) is 0 Å². The van der Waals surface area contributed by atoms with Gasteiger partial charge in [-0.15, -0.1) is 0 Å². The fourth-order valence-electron chi connectivity index (χ4n) is 4.03. The van der Waals surface area contributed by atoms with Crippen LogP contribution in [0.5, 0.6) is 0 Å². The summed E-state index contributed by atoms with van der Waals surface area (Å²) < 4.78 is 5.99. The van der Waals surface area contributed by atoms with Crippen LogP contribution in [0.3, 0.4) is 0 Å². The van der Waals surface area contributed by atoms with E-state index in [0.29, 0.717) is 17.9 Å². The number of carbonyl (C=O) groups excluding carboxylic acids is 1. The van der Waals surface area contributed by atoms with Gasteiger partial charge in [-0.25, -0.2) is 0 Å². The maximum Gasteiger partial charge on any atom is 0.260 e. The highest BCUT2D eigenvalue weighted by Crippen LogP contribution is 2.41. The molecule has 4 nitrogen and oxygen atoms in total. The van der Waals surface area contributed by atoms with Gasteiger partial charge >= 0.3 is 0 Å². The van der Waals surface area contributed by atoms with E-state index in [1.54, 1.807) is 0 Å². The Morgan fingerprint density at radius 2 is 1.93 bits per heavy atom. The van der Waals surface area contributed by atoms with E-state index in [9.17, 15) is 4.79 Å². The third kappa shape index (κ3) is 3.15. The van der Waals surface area contributed by atoms with E-state index in [1.807, 2.05) is 36.0 Å². The van der Waals surface area contributed by atoms with Crippen molar-refractivity contribution < 1.29 is 9.53 Å². The molecule has 1 fully saturated rings. The first-order valence-corrected chi connectivity index (χ1v) is 10.7. The summed E-state index contributed by atoms with van der Waals surface area (Å²) in [5.74, 6) is 3.13. The molecule has 3 aliphatic rings. The molecule has 1 N–H and O–H groups in total. The van der Waals surface area contributed by atoms with Crippen molar-refractivity contribution in [2.24, 2.45) is 0 Å². The van der Waals surface area contributed by atoms with Crippen LogP contribution in [-0.4, -0.2) is 41.9 Å². The van der Waals surface area contributed by atoms with Crippen molar-refractivity contribution in [1.82, 2.24) is 4.90 Å². The van der Waals surface area contributed by atoms with E-state index >= 15 is 0 Å². The zero-order chi connectivity index (χ0) is 18.2. The van der Waals surface area contributed by atoms with Crippen LogP contribution < -0.4 is 5.32 Å². The smallest absolute Gasteiger partial charge is 0.260 e. The lowest BCUT2D eigenvalue weighted by molar-refractivity contribution is -0.110. The molecule has 0 saturated carbocycles. The van der Waals surface area contributed by atoms with Crippen molar-refractivity contribution in [2.75, 3.05) is 36.5 Å². The number of fused-ring (bicyclic) bond motifs is 2. The standard InChI is InChI=1S/C22H22N2O2S/c25-22-20(18-3-1-2-4-19(18)23-22)21-17-6-5-15(13-16(17)14-26-21)7-8-24-9-11-27-12-10-24/h1-6,13H,7-12,14H2,(H,23,25). The third-order valence-electron chi connectivity index (χ3n) is 5.51. The Bertz CT molecular complexity index is 932. The Kier molecular flexibility index (Phi) is 4.42. The Labute approximate surface area is 163 Å². The molecule has 3 heterocycles. The van der Waals surface area contributed by atoms with Gasteiger partial charge in [-0.3, -0.25) is 4.79 Å². The second-order valence-corrected chi connectivity index (χ2v) is 8.41. The van der Waals surface area contributed by atoms with Crippen molar-refractivity contribution in [3.05, 3.63) is 64.7 Å². The number of para-hydroxylation sites is 1. The van der Waals surface area contributed by atoms with Crippen LogP contribution in [-0.2, 0) is 22.6 Å². The summed E-state index contributed by atoms with van der Waals surface area (Å²) in [5.41, 5.74) is 6.02. The third-order valence-corrected chi connectivity index (χ3v) is 6.45. The molecule has 2 aromatic rings. The normalized spacial score (nSPS) is 21.6. The molecule has 0 bridgehead atoms. The number of thioether (sulfide) groups is 1. The van der Waals surface area contributed by atoms with Crippen LogP contribution in [0.4, 0.5) is 5.69 Å². The summed E-state index contributed by atoms with van der Waals surface area (Å²) in [5, 5.41) is 2.94. The predicted molar refractivity (Wildman–Crippen MR) is 111 cm³/mol. The van der Waals surface area contributed by atoms with Crippen molar-refractivity contribution in [2.45, 2.75) is 13.0 Å². The average molecular weight is 378 g/mol. The minimum Gasteiger partial charge on any atom is -0.487 e. The van der Waals surface area contributed by atoms with E-state index < -0.39 is 0 Å². The molecule has 27 heavy (non-hydrogen) atoms. The molecule has 3 aliphatic heterocycles. The van der Waals surface area contributed by atoms with Crippen LogP contribution in [0.1, 0.15) is 22.3 Å². The van der Waals surface area contributed by atoms with Crippen molar-refractivity contribution in [3.63, 3.8) is 0 Å². The van der Waals surface area contributed by atoms with Gasteiger partial charge in [-0.2, -0.15) is 11.8 Å². The van der Waals surface area contributed by atoms with E-state index in [-0.39, 0.29) is 5.91 Å². The van der Waals surface area contributed by atoms with Gasteiger partial charge < -0.3 is 15.0 Å². The first kappa shape index (κ1) is 16.9.